The Kier molecular flexibility index (Phi) is 10.2. The first-order valence-electron chi connectivity index (χ1n) is 9.00. The van der Waals surface area contributed by atoms with Crippen molar-refractivity contribution in [3.63, 3.8) is 0 Å². The zero-order valence-corrected chi connectivity index (χ0v) is 17.4. The summed E-state index contributed by atoms with van der Waals surface area (Å²) >= 11 is 0. The number of ketones is 1. The molecule has 1 unspecified atom stereocenters. The molecule has 2 aromatic rings. The highest BCUT2D eigenvalue weighted by atomic mass is 35.5. The van der Waals surface area contributed by atoms with Crippen LogP contribution in [0.25, 0.3) is 0 Å². The molecule has 2 aromatic carbocycles. The zero-order valence-electron chi connectivity index (χ0n) is 15.8. The number of benzene rings is 2. The van der Waals surface area contributed by atoms with Crippen LogP contribution < -0.4 is 5.32 Å². The van der Waals surface area contributed by atoms with Gasteiger partial charge in [-0.3, -0.25) is 19.8 Å². The van der Waals surface area contributed by atoms with E-state index in [4.69, 9.17) is 0 Å². The van der Waals surface area contributed by atoms with Crippen molar-refractivity contribution in [2.75, 3.05) is 26.2 Å². The van der Waals surface area contributed by atoms with Crippen LogP contribution in [-0.4, -0.2) is 47.8 Å². The Balaban J connectivity index is 0.00000210. The van der Waals surface area contributed by atoms with Crippen LogP contribution in [0.5, 0.6) is 0 Å². The number of hydrogen-bond donors (Lipinski definition) is 1. The summed E-state index contributed by atoms with van der Waals surface area (Å²) < 4.78 is 13.1. The maximum atomic E-state index is 13.1. The third kappa shape index (κ3) is 7.04. The molecule has 0 spiro atoms. The van der Waals surface area contributed by atoms with Crippen LogP contribution in [0.15, 0.2) is 48.5 Å². The van der Waals surface area contributed by atoms with Crippen molar-refractivity contribution in [1.29, 1.82) is 0 Å². The standard InChI is InChI=1S/C20H22FN3O3.2ClH/c21-17-5-1-15(2-6-17)13-19-14-22-10-12-23(19)11-9-20(25)16-3-7-18(8-4-16)24(26)27;;/h1-8,19,22H,9-14H2;2*1H. The molecular weight excluding hydrogens is 420 g/mol. The minimum atomic E-state index is -0.477. The predicted octanol–water partition coefficient (Wildman–Crippen LogP) is 3.67. The van der Waals surface area contributed by atoms with E-state index in [1.165, 1.54) is 36.4 Å². The molecule has 1 atom stereocenters. The van der Waals surface area contributed by atoms with E-state index in [1.54, 1.807) is 12.1 Å². The van der Waals surface area contributed by atoms with Gasteiger partial charge in [0.1, 0.15) is 5.82 Å². The molecule has 29 heavy (non-hydrogen) atoms. The number of nitro groups is 1. The molecule has 0 amide bonds. The van der Waals surface area contributed by atoms with Crippen LogP contribution in [0.1, 0.15) is 22.3 Å². The Hall–Kier alpha value is -2.06. The molecule has 0 aromatic heterocycles. The number of halogens is 3. The van der Waals surface area contributed by atoms with Gasteiger partial charge in [0.15, 0.2) is 5.78 Å². The predicted molar refractivity (Wildman–Crippen MR) is 115 cm³/mol. The van der Waals surface area contributed by atoms with Gasteiger partial charge in [-0.15, -0.1) is 24.8 Å². The van der Waals surface area contributed by atoms with Gasteiger partial charge in [0.2, 0.25) is 0 Å². The number of carbonyl (C=O) groups is 1. The summed E-state index contributed by atoms with van der Waals surface area (Å²) in [6.45, 7) is 3.16. The van der Waals surface area contributed by atoms with Gasteiger partial charge < -0.3 is 5.32 Å². The van der Waals surface area contributed by atoms with Gasteiger partial charge in [0, 0.05) is 56.3 Å². The normalized spacial score (nSPS) is 16.4. The fourth-order valence-electron chi connectivity index (χ4n) is 3.35. The first-order valence-corrected chi connectivity index (χ1v) is 9.00. The van der Waals surface area contributed by atoms with E-state index < -0.39 is 4.92 Å². The number of rotatable bonds is 7. The van der Waals surface area contributed by atoms with Crippen molar-refractivity contribution in [3.05, 3.63) is 75.6 Å². The van der Waals surface area contributed by atoms with Crippen molar-refractivity contribution in [3.8, 4) is 0 Å². The first kappa shape index (κ1) is 25.0. The van der Waals surface area contributed by atoms with Gasteiger partial charge in [-0.2, -0.15) is 0 Å². The topological polar surface area (TPSA) is 75.5 Å². The highest BCUT2D eigenvalue weighted by Crippen LogP contribution is 2.16. The summed E-state index contributed by atoms with van der Waals surface area (Å²) in [5.74, 6) is -0.268. The highest BCUT2D eigenvalue weighted by Gasteiger charge is 2.23. The minimum absolute atomic E-state index is 0. The van der Waals surface area contributed by atoms with E-state index in [9.17, 15) is 19.3 Å². The molecular formula is C20H24Cl2FN3O3. The monoisotopic (exact) mass is 443 g/mol. The van der Waals surface area contributed by atoms with E-state index in [0.29, 0.717) is 18.5 Å². The number of carbonyl (C=O) groups excluding carboxylic acids is 1. The number of hydrogen-bond acceptors (Lipinski definition) is 5. The Morgan fingerprint density at radius 1 is 1.14 bits per heavy atom. The van der Waals surface area contributed by atoms with Crippen molar-refractivity contribution in [2.45, 2.75) is 18.9 Å². The fourth-order valence-corrected chi connectivity index (χ4v) is 3.35. The van der Waals surface area contributed by atoms with Crippen molar-refractivity contribution < 1.29 is 14.1 Å². The van der Waals surface area contributed by atoms with E-state index in [1.807, 2.05) is 0 Å². The summed E-state index contributed by atoms with van der Waals surface area (Å²) in [5.41, 5.74) is 1.54. The summed E-state index contributed by atoms with van der Waals surface area (Å²) in [4.78, 5) is 24.9. The van der Waals surface area contributed by atoms with Gasteiger partial charge >= 0.3 is 0 Å². The zero-order chi connectivity index (χ0) is 19.2. The molecule has 6 nitrogen and oxygen atoms in total. The number of nitrogens with zero attached hydrogens (tertiary/aromatic N) is 2. The van der Waals surface area contributed by atoms with Gasteiger partial charge in [-0.25, -0.2) is 4.39 Å². The third-order valence-corrected chi connectivity index (χ3v) is 4.88. The molecule has 0 bridgehead atoms. The van der Waals surface area contributed by atoms with Crippen LogP contribution in [0.2, 0.25) is 0 Å². The number of nitrogens with one attached hydrogen (secondary N) is 1. The van der Waals surface area contributed by atoms with E-state index in [2.05, 4.69) is 10.2 Å². The van der Waals surface area contributed by atoms with Gasteiger partial charge in [0.25, 0.3) is 5.69 Å². The summed E-state index contributed by atoms with van der Waals surface area (Å²) in [7, 11) is 0. The Morgan fingerprint density at radius 2 is 1.79 bits per heavy atom. The maximum Gasteiger partial charge on any atom is 0.269 e. The highest BCUT2D eigenvalue weighted by molar-refractivity contribution is 5.96. The molecule has 1 saturated heterocycles. The van der Waals surface area contributed by atoms with Gasteiger partial charge in [-0.05, 0) is 36.2 Å². The minimum Gasteiger partial charge on any atom is -0.314 e. The number of non-ortho nitro benzene ring substituents is 1. The summed E-state index contributed by atoms with van der Waals surface area (Å²) in [5, 5.41) is 14.1. The average Bonchev–Trinajstić information content (AvgIpc) is 2.69. The third-order valence-electron chi connectivity index (χ3n) is 4.88. The van der Waals surface area contributed by atoms with E-state index in [-0.39, 0.29) is 48.1 Å². The smallest absolute Gasteiger partial charge is 0.269 e. The number of nitro benzene ring substituents is 1. The van der Waals surface area contributed by atoms with E-state index >= 15 is 0 Å². The van der Waals surface area contributed by atoms with Crippen molar-refractivity contribution >= 4 is 36.3 Å². The van der Waals surface area contributed by atoms with Crippen molar-refractivity contribution in [1.82, 2.24) is 10.2 Å². The molecule has 9 heteroatoms. The second-order valence-corrected chi connectivity index (χ2v) is 6.70. The van der Waals surface area contributed by atoms with Crippen molar-refractivity contribution in [2.24, 2.45) is 0 Å². The van der Waals surface area contributed by atoms with Crippen LogP contribution in [0, 0.1) is 15.9 Å². The maximum absolute atomic E-state index is 13.1. The SMILES string of the molecule is Cl.Cl.O=C(CCN1CCNCC1Cc1ccc(F)cc1)c1ccc([N+](=O)[O-])cc1. The lowest BCUT2D eigenvalue weighted by molar-refractivity contribution is -0.384. The van der Waals surface area contributed by atoms with Crippen LogP contribution in [0.4, 0.5) is 10.1 Å². The first-order chi connectivity index (χ1) is 13.0. The lowest BCUT2D eigenvalue weighted by Gasteiger charge is -2.36. The summed E-state index contributed by atoms with van der Waals surface area (Å²) in [6.07, 6.45) is 1.15. The average molecular weight is 444 g/mol. The van der Waals surface area contributed by atoms with Crippen LogP contribution in [-0.2, 0) is 6.42 Å². The second kappa shape index (κ2) is 11.8. The molecule has 1 N–H and O–H groups in total. The largest absolute Gasteiger partial charge is 0.314 e. The van der Waals surface area contributed by atoms with Crippen LogP contribution in [0.3, 0.4) is 0 Å². The fraction of sp³-hybridized carbons (Fsp3) is 0.350. The van der Waals surface area contributed by atoms with E-state index in [0.717, 1.165) is 31.6 Å². The van der Waals surface area contributed by atoms with Crippen LogP contribution >= 0.6 is 24.8 Å². The quantitative estimate of drug-likeness (QED) is 0.401. The van der Waals surface area contributed by atoms with Gasteiger partial charge in [-0.1, -0.05) is 12.1 Å². The molecule has 0 aliphatic carbocycles. The molecule has 0 radical (unpaired) electrons. The Bertz CT molecular complexity index is 804. The van der Waals surface area contributed by atoms with Gasteiger partial charge in [0.05, 0.1) is 4.92 Å². The number of piperazine rings is 1. The lowest BCUT2D eigenvalue weighted by atomic mass is 10.0. The molecule has 158 valence electrons. The molecule has 1 aliphatic rings. The Morgan fingerprint density at radius 3 is 2.41 bits per heavy atom. The molecule has 1 heterocycles. The molecule has 1 fully saturated rings. The molecule has 0 saturated carbocycles. The molecule has 3 rings (SSSR count). The Labute approximate surface area is 181 Å². The second-order valence-electron chi connectivity index (χ2n) is 6.70. The summed E-state index contributed by atoms with van der Waals surface area (Å²) in [6, 6.07) is 12.5. The molecule has 1 aliphatic heterocycles. The lowest BCUT2D eigenvalue weighted by Crippen LogP contribution is -2.52. The number of Topliss-reactive ketones (excluding diaryl/α,β-unsaturated/α-hetero) is 1.